The van der Waals surface area contributed by atoms with Crippen LogP contribution in [-0.2, 0) is 16.0 Å². The minimum Gasteiger partial charge on any atom is -0.460 e. The fourth-order valence-corrected chi connectivity index (χ4v) is 9.71. The van der Waals surface area contributed by atoms with E-state index in [1.54, 1.807) is 25.6 Å². The van der Waals surface area contributed by atoms with Crippen molar-refractivity contribution < 1.29 is 29.3 Å². The number of fused-ring (bicyclic) bond motifs is 2. The number of aliphatic hydroxyl groups excluding tert-OH is 2. The molecule has 2 N–H and O–H groups in total. The molecule has 6 atom stereocenters. The quantitative estimate of drug-likeness (QED) is 0.0762. The normalized spacial score (nSPS) is 25.4. The molecule has 1 saturated carbocycles. The zero-order chi connectivity index (χ0) is 36.5. The van der Waals surface area contributed by atoms with Gasteiger partial charge in [0.15, 0.2) is 0 Å². The number of hydrogen-bond acceptors (Lipinski definition) is 10. The monoisotopic (exact) mass is 727 g/mol. The summed E-state index contributed by atoms with van der Waals surface area (Å²) in [6.45, 7) is 8.88. The lowest BCUT2D eigenvalue weighted by Gasteiger charge is -2.58. The number of thioether (sulfide) groups is 1. The number of aromatic nitrogens is 2. The second-order valence-corrected chi connectivity index (χ2v) is 15.4. The minimum atomic E-state index is -1.01. The zero-order valence-electron chi connectivity index (χ0n) is 30.7. The number of oxime groups is 1. The van der Waals surface area contributed by atoms with Crippen molar-refractivity contribution in [2.24, 2.45) is 22.9 Å². The van der Waals surface area contributed by atoms with Crippen LogP contribution in [0, 0.1) is 31.6 Å². The molecular formula is C42H53N3O6S. The second-order valence-electron chi connectivity index (χ2n) is 14.1. The van der Waals surface area contributed by atoms with Crippen molar-refractivity contribution in [3.05, 3.63) is 102 Å². The Morgan fingerprint density at radius 2 is 1.81 bits per heavy atom. The highest BCUT2D eigenvalue weighted by atomic mass is 32.2. The Morgan fingerprint density at radius 3 is 2.54 bits per heavy atom. The number of benzene rings is 2. The fraction of sp³-hybridized carbons (Fsp3) is 0.500. The topological polar surface area (TPSA) is 116 Å². The number of unbranched alkanes of at least 4 members (excludes halogenated alkanes) is 2. The van der Waals surface area contributed by atoms with Gasteiger partial charge in [-0.1, -0.05) is 36.2 Å². The van der Waals surface area contributed by atoms with Crippen LogP contribution in [0.3, 0.4) is 0 Å². The molecule has 52 heavy (non-hydrogen) atoms. The van der Waals surface area contributed by atoms with Crippen LogP contribution in [0.25, 0.3) is 0 Å². The smallest absolute Gasteiger partial charge is 0.230 e. The van der Waals surface area contributed by atoms with Gasteiger partial charge >= 0.3 is 0 Å². The number of aryl methyl sites for hydroxylation is 3. The molecule has 3 aliphatic rings. The largest absolute Gasteiger partial charge is 0.460 e. The molecule has 0 spiro atoms. The van der Waals surface area contributed by atoms with E-state index in [0.29, 0.717) is 13.0 Å². The van der Waals surface area contributed by atoms with E-state index in [2.05, 4.69) is 59.8 Å². The summed E-state index contributed by atoms with van der Waals surface area (Å²) < 4.78 is 20.8. The summed E-state index contributed by atoms with van der Waals surface area (Å²) in [6, 6.07) is 12.4. The van der Waals surface area contributed by atoms with Gasteiger partial charge in [0, 0.05) is 56.1 Å². The van der Waals surface area contributed by atoms with Gasteiger partial charge in [0.05, 0.1) is 29.2 Å². The molecule has 9 nitrogen and oxygen atoms in total. The lowest BCUT2D eigenvalue weighted by atomic mass is 9.56. The first-order valence-corrected chi connectivity index (χ1v) is 19.7. The fourth-order valence-electron chi connectivity index (χ4n) is 8.33. The Bertz CT molecular complexity index is 1720. The van der Waals surface area contributed by atoms with E-state index in [0.717, 1.165) is 90.5 Å². The van der Waals surface area contributed by atoms with Gasteiger partial charge < -0.3 is 29.3 Å². The van der Waals surface area contributed by atoms with E-state index in [1.807, 2.05) is 36.2 Å². The standard InChI is InChI=1S/C42H53N3O6S/c1-5-21-49-42-39(52-22-16-31-27-43-17-18-44-31)26-37(45-48-4)35-24-30(10-6-8-19-46)34(11-7-9-20-47)40(41(35)42)36-25-33(14-15-38(36)51-42)50-32-13-12-28(2)29(3)23-32/h5,12-15,17-18,23-25,27,30,34,39-41,46-47H,1,6-11,16,19-22,26H2,2-4H3/t30-,34+,39-,40+,41+,42+/m0/s1. The summed E-state index contributed by atoms with van der Waals surface area (Å²) in [7, 11) is 1.61. The Hall–Kier alpha value is -3.70. The van der Waals surface area contributed by atoms with Gasteiger partial charge in [-0.3, -0.25) is 9.97 Å². The molecule has 278 valence electrons. The van der Waals surface area contributed by atoms with Crippen molar-refractivity contribution in [3.63, 3.8) is 0 Å². The van der Waals surface area contributed by atoms with Crippen LogP contribution in [0.1, 0.15) is 73.2 Å². The average molecular weight is 728 g/mol. The molecule has 2 aliphatic carbocycles. The molecule has 0 unspecified atom stereocenters. The van der Waals surface area contributed by atoms with Gasteiger partial charge in [-0.25, -0.2) is 0 Å². The number of allylic oxidation sites excluding steroid dienone is 1. The number of nitrogens with zero attached hydrogens (tertiary/aromatic N) is 3. The van der Waals surface area contributed by atoms with E-state index >= 15 is 0 Å². The Balaban J connectivity index is 1.49. The van der Waals surface area contributed by atoms with Gasteiger partial charge in [-0.05, 0) is 104 Å². The molecule has 1 aliphatic heterocycles. The first-order valence-electron chi connectivity index (χ1n) is 18.7. The number of hydrogen-bond donors (Lipinski definition) is 2. The van der Waals surface area contributed by atoms with E-state index in [-0.39, 0.29) is 42.1 Å². The molecule has 1 fully saturated rings. The molecule has 2 aromatic carbocycles. The van der Waals surface area contributed by atoms with E-state index < -0.39 is 5.79 Å². The third-order valence-electron chi connectivity index (χ3n) is 10.8. The van der Waals surface area contributed by atoms with Crippen molar-refractivity contribution >= 4 is 17.5 Å². The van der Waals surface area contributed by atoms with Crippen molar-refractivity contribution in [2.75, 3.05) is 32.7 Å². The minimum absolute atomic E-state index is 0.000125. The summed E-state index contributed by atoms with van der Waals surface area (Å²) in [5.74, 6) is 2.37. The third-order valence-corrected chi connectivity index (χ3v) is 12.2. The molecule has 0 radical (unpaired) electrons. The highest BCUT2D eigenvalue weighted by molar-refractivity contribution is 8.00. The zero-order valence-corrected chi connectivity index (χ0v) is 31.5. The Labute approximate surface area is 312 Å². The van der Waals surface area contributed by atoms with Crippen LogP contribution < -0.4 is 9.47 Å². The summed E-state index contributed by atoms with van der Waals surface area (Å²) in [4.78, 5) is 14.3. The van der Waals surface area contributed by atoms with Gasteiger partial charge in [-0.2, -0.15) is 11.8 Å². The first-order chi connectivity index (χ1) is 25.4. The maximum Gasteiger partial charge on any atom is 0.230 e. The number of rotatable bonds is 18. The molecule has 3 aromatic rings. The van der Waals surface area contributed by atoms with Crippen LogP contribution in [-0.4, -0.2) is 69.6 Å². The molecular weight excluding hydrogens is 675 g/mol. The summed E-state index contributed by atoms with van der Waals surface area (Å²) in [5, 5.41) is 24.2. The highest BCUT2D eigenvalue weighted by Crippen LogP contribution is 2.62. The van der Waals surface area contributed by atoms with Crippen molar-refractivity contribution in [3.8, 4) is 17.2 Å². The average Bonchev–Trinajstić information content (AvgIpc) is 3.15. The van der Waals surface area contributed by atoms with Crippen LogP contribution >= 0.6 is 11.8 Å². The second kappa shape index (κ2) is 17.9. The Morgan fingerprint density at radius 1 is 1.02 bits per heavy atom. The molecule has 10 heteroatoms. The van der Waals surface area contributed by atoms with Gasteiger partial charge in [0.25, 0.3) is 0 Å². The number of ether oxygens (including phenoxy) is 3. The van der Waals surface area contributed by atoms with Crippen molar-refractivity contribution in [2.45, 2.75) is 82.2 Å². The summed E-state index contributed by atoms with van der Waals surface area (Å²) in [6.07, 6.45) is 16.0. The summed E-state index contributed by atoms with van der Waals surface area (Å²) >= 11 is 1.82. The third kappa shape index (κ3) is 8.25. The van der Waals surface area contributed by atoms with E-state index in [4.69, 9.17) is 19.0 Å². The molecule has 0 saturated heterocycles. The number of aliphatic hydroxyl groups is 2. The van der Waals surface area contributed by atoms with Gasteiger partial charge in [0.1, 0.15) is 24.4 Å². The molecule has 2 heterocycles. The highest BCUT2D eigenvalue weighted by Gasteiger charge is 2.63. The van der Waals surface area contributed by atoms with Crippen LogP contribution in [0.4, 0.5) is 0 Å². The maximum absolute atomic E-state index is 9.85. The molecule has 0 amide bonds. The lowest BCUT2D eigenvalue weighted by Crippen LogP contribution is -2.64. The maximum atomic E-state index is 9.85. The van der Waals surface area contributed by atoms with Gasteiger partial charge in [-0.15, -0.1) is 6.58 Å². The molecule has 0 bridgehead atoms. The Kier molecular flexibility index (Phi) is 13.1. The SMILES string of the molecule is C=CCO[C@@]12Oc3ccc(Oc4ccc(C)c(C)c4)cc3[C@H]3[C@H](CCCCO)[C@@H](CCCCO)C=C(C(=NOC)C[C@@H]1SCCc1cnccn1)[C@H]32. The van der Waals surface area contributed by atoms with E-state index in [1.165, 1.54) is 11.1 Å². The van der Waals surface area contributed by atoms with Crippen LogP contribution in [0.2, 0.25) is 0 Å². The molecule has 1 aromatic heterocycles. The predicted octanol–water partition coefficient (Wildman–Crippen LogP) is 8.13. The summed E-state index contributed by atoms with van der Waals surface area (Å²) in [5.41, 5.74) is 6.46. The van der Waals surface area contributed by atoms with Crippen molar-refractivity contribution in [1.82, 2.24) is 9.97 Å². The van der Waals surface area contributed by atoms with Gasteiger partial charge in [0.2, 0.25) is 5.79 Å². The predicted molar refractivity (Wildman–Crippen MR) is 206 cm³/mol. The van der Waals surface area contributed by atoms with E-state index in [9.17, 15) is 10.2 Å². The molecule has 6 rings (SSSR count). The van der Waals surface area contributed by atoms with Crippen molar-refractivity contribution in [1.29, 1.82) is 0 Å². The lowest BCUT2D eigenvalue weighted by molar-refractivity contribution is -0.223. The van der Waals surface area contributed by atoms with Crippen LogP contribution in [0.15, 0.2) is 84.4 Å². The van der Waals surface area contributed by atoms with Crippen LogP contribution in [0.5, 0.6) is 17.2 Å². The first kappa shape index (κ1) is 38.0.